The lowest BCUT2D eigenvalue weighted by atomic mass is 9.89. The van der Waals surface area contributed by atoms with E-state index in [9.17, 15) is 0 Å². The summed E-state index contributed by atoms with van der Waals surface area (Å²) in [5, 5.41) is 4.92. The van der Waals surface area contributed by atoms with Crippen molar-refractivity contribution in [3.05, 3.63) is 87.0 Å². The van der Waals surface area contributed by atoms with Crippen molar-refractivity contribution in [3.8, 4) is 0 Å². The van der Waals surface area contributed by atoms with Crippen LogP contribution in [-0.4, -0.2) is 5.71 Å². The first-order valence-electron chi connectivity index (χ1n) is 10.1. The molecule has 146 valence electrons. The van der Waals surface area contributed by atoms with Gasteiger partial charge in [0, 0.05) is 12.3 Å². The molecule has 0 bridgehead atoms. The molecule has 2 heteroatoms. The van der Waals surface area contributed by atoms with Crippen molar-refractivity contribution in [2.24, 2.45) is 11.0 Å². The summed E-state index contributed by atoms with van der Waals surface area (Å²) < 4.78 is 0. The number of allylic oxidation sites excluding steroid dienone is 4. The molecule has 0 fully saturated rings. The number of rotatable bonds is 5. The van der Waals surface area contributed by atoms with Gasteiger partial charge in [-0.25, -0.2) is 0 Å². The normalized spacial score (nSPS) is 15.6. The Morgan fingerprint density at radius 2 is 1.36 bits per heavy atom. The highest BCUT2D eigenvalue weighted by atomic mass is 15.3. The lowest BCUT2D eigenvalue weighted by molar-refractivity contribution is 0.757. The van der Waals surface area contributed by atoms with Gasteiger partial charge in [-0.05, 0) is 76.3 Å². The summed E-state index contributed by atoms with van der Waals surface area (Å²) in [6, 6.07) is 15.0. The largest absolute Gasteiger partial charge is 0.278 e. The van der Waals surface area contributed by atoms with Crippen LogP contribution in [0.25, 0.3) is 0 Å². The molecule has 0 aromatic heterocycles. The summed E-state index contributed by atoms with van der Waals surface area (Å²) in [5.74, 6) is 0.431. The van der Waals surface area contributed by atoms with Crippen molar-refractivity contribution in [1.82, 2.24) is 0 Å². The molecular formula is C26H32N2. The van der Waals surface area contributed by atoms with Crippen LogP contribution >= 0.6 is 0 Å². The lowest BCUT2D eigenvalue weighted by Gasteiger charge is -2.18. The van der Waals surface area contributed by atoms with Gasteiger partial charge in [0.05, 0.1) is 11.4 Å². The molecule has 3 rings (SSSR count). The standard InChI is InChI=1S/C26H32N2/c1-16-13-17(2)26(18(3)14-16)28-27-25(23-11-9-8-10-12-23)15-24-21(6)19(4)20(5)22(24)7/h8-14,24,28H,15H2,1-7H3. The molecule has 0 atom stereocenters. The molecule has 28 heavy (non-hydrogen) atoms. The van der Waals surface area contributed by atoms with Gasteiger partial charge < -0.3 is 0 Å². The number of nitrogens with zero attached hydrogens (tertiary/aromatic N) is 1. The molecule has 1 aliphatic rings. The zero-order chi connectivity index (χ0) is 20.4. The Morgan fingerprint density at radius 1 is 0.821 bits per heavy atom. The summed E-state index contributed by atoms with van der Waals surface area (Å²) in [5.41, 5.74) is 16.3. The van der Waals surface area contributed by atoms with E-state index in [4.69, 9.17) is 5.10 Å². The summed E-state index contributed by atoms with van der Waals surface area (Å²) in [6.45, 7) is 15.4. The van der Waals surface area contributed by atoms with Crippen LogP contribution in [-0.2, 0) is 0 Å². The quantitative estimate of drug-likeness (QED) is 0.438. The zero-order valence-electron chi connectivity index (χ0n) is 18.3. The van der Waals surface area contributed by atoms with Gasteiger partial charge in [0.1, 0.15) is 0 Å². The molecule has 1 N–H and O–H groups in total. The van der Waals surface area contributed by atoms with Crippen LogP contribution in [0.1, 0.15) is 56.4 Å². The Bertz CT molecular complexity index is 928. The minimum atomic E-state index is 0.431. The highest BCUT2D eigenvalue weighted by Crippen LogP contribution is 2.39. The number of hydrogen-bond acceptors (Lipinski definition) is 2. The van der Waals surface area contributed by atoms with Gasteiger partial charge in [0.15, 0.2) is 0 Å². The number of benzene rings is 2. The fourth-order valence-electron chi connectivity index (χ4n) is 4.28. The molecule has 2 nitrogen and oxygen atoms in total. The molecule has 1 aliphatic carbocycles. The molecular weight excluding hydrogens is 340 g/mol. The van der Waals surface area contributed by atoms with Crippen LogP contribution in [0.4, 0.5) is 5.69 Å². The van der Waals surface area contributed by atoms with Gasteiger partial charge in [-0.15, -0.1) is 0 Å². The van der Waals surface area contributed by atoms with Gasteiger partial charge in [-0.2, -0.15) is 5.10 Å². The smallest absolute Gasteiger partial charge is 0.0688 e. The molecule has 0 saturated heterocycles. The Balaban J connectivity index is 1.97. The maximum atomic E-state index is 4.92. The van der Waals surface area contributed by atoms with Crippen molar-refractivity contribution in [2.45, 2.75) is 54.9 Å². The fraction of sp³-hybridized carbons (Fsp3) is 0.346. The Kier molecular flexibility index (Phi) is 5.88. The van der Waals surface area contributed by atoms with Crippen molar-refractivity contribution in [2.75, 3.05) is 5.43 Å². The second-order valence-electron chi connectivity index (χ2n) is 8.18. The average Bonchev–Trinajstić information content (AvgIpc) is 2.84. The van der Waals surface area contributed by atoms with Gasteiger partial charge in [-0.1, -0.05) is 59.2 Å². The monoisotopic (exact) mass is 372 g/mol. The Morgan fingerprint density at radius 3 is 1.89 bits per heavy atom. The van der Waals surface area contributed by atoms with E-state index in [0.29, 0.717) is 5.92 Å². The van der Waals surface area contributed by atoms with Crippen LogP contribution in [0, 0.1) is 26.7 Å². The average molecular weight is 373 g/mol. The second kappa shape index (κ2) is 8.18. The van der Waals surface area contributed by atoms with Crippen molar-refractivity contribution in [3.63, 3.8) is 0 Å². The van der Waals surface area contributed by atoms with Crippen LogP contribution in [0.15, 0.2) is 69.9 Å². The van der Waals surface area contributed by atoms with Gasteiger partial charge >= 0.3 is 0 Å². The number of aryl methyl sites for hydroxylation is 3. The van der Waals surface area contributed by atoms with Crippen LogP contribution in [0.2, 0.25) is 0 Å². The van der Waals surface area contributed by atoms with E-state index in [1.54, 1.807) is 0 Å². The predicted molar refractivity (Wildman–Crippen MR) is 122 cm³/mol. The maximum Gasteiger partial charge on any atom is 0.0688 e. The third kappa shape index (κ3) is 3.96. The van der Waals surface area contributed by atoms with Crippen LogP contribution in [0.5, 0.6) is 0 Å². The first-order valence-corrected chi connectivity index (χ1v) is 10.1. The summed E-state index contributed by atoms with van der Waals surface area (Å²) >= 11 is 0. The molecule has 0 amide bonds. The molecule has 2 aromatic carbocycles. The Hall–Kier alpha value is -2.61. The molecule has 0 heterocycles. The molecule has 0 radical (unpaired) electrons. The minimum absolute atomic E-state index is 0.431. The highest BCUT2D eigenvalue weighted by molar-refractivity contribution is 6.01. The van der Waals surface area contributed by atoms with E-state index in [-0.39, 0.29) is 0 Å². The van der Waals surface area contributed by atoms with Gasteiger partial charge in [-0.3, -0.25) is 5.43 Å². The van der Waals surface area contributed by atoms with E-state index in [1.807, 2.05) is 0 Å². The molecule has 0 saturated carbocycles. The van der Waals surface area contributed by atoms with E-state index in [1.165, 1.54) is 44.5 Å². The highest BCUT2D eigenvalue weighted by Gasteiger charge is 2.26. The molecule has 2 aromatic rings. The first-order chi connectivity index (χ1) is 13.3. The van der Waals surface area contributed by atoms with E-state index in [2.05, 4.69) is 96.4 Å². The van der Waals surface area contributed by atoms with Crippen molar-refractivity contribution >= 4 is 11.4 Å². The third-order valence-corrected chi connectivity index (χ3v) is 6.28. The number of anilines is 1. The SMILES string of the molecule is CC1=C(C)C(CC(=NNc2c(C)cc(C)cc2C)c2ccccc2)C(C)=C1C. The van der Waals surface area contributed by atoms with Crippen LogP contribution < -0.4 is 5.43 Å². The predicted octanol–water partition coefficient (Wildman–Crippen LogP) is 7.12. The molecule has 0 unspecified atom stereocenters. The molecule has 0 aliphatic heterocycles. The van der Waals surface area contributed by atoms with Crippen molar-refractivity contribution < 1.29 is 0 Å². The first kappa shape index (κ1) is 20.1. The van der Waals surface area contributed by atoms with E-state index >= 15 is 0 Å². The summed E-state index contributed by atoms with van der Waals surface area (Å²) in [6.07, 6.45) is 0.910. The van der Waals surface area contributed by atoms with Gasteiger partial charge in [0.25, 0.3) is 0 Å². The zero-order valence-corrected chi connectivity index (χ0v) is 18.3. The van der Waals surface area contributed by atoms with E-state index in [0.717, 1.165) is 17.8 Å². The van der Waals surface area contributed by atoms with Gasteiger partial charge in [0.2, 0.25) is 0 Å². The second-order valence-corrected chi connectivity index (χ2v) is 8.18. The Labute approximate surface area is 170 Å². The summed E-state index contributed by atoms with van der Waals surface area (Å²) in [4.78, 5) is 0. The van der Waals surface area contributed by atoms with E-state index < -0.39 is 0 Å². The maximum absolute atomic E-state index is 4.92. The molecule has 0 spiro atoms. The number of hydrazone groups is 1. The minimum Gasteiger partial charge on any atom is -0.278 e. The van der Waals surface area contributed by atoms with Crippen LogP contribution in [0.3, 0.4) is 0 Å². The fourth-order valence-corrected chi connectivity index (χ4v) is 4.28. The number of nitrogens with one attached hydrogen (secondary N) is 1. The van der Waals surface area contributed by atoms with Crippen molar-refractivity contribution in [1.29, 1.82) is 0 Å². The topological polar surface area (TPSA) is 24.4 Å². The third-order valence-electron chi connectivity index (χ3n) is 6.28. The summed E-state index contributed by atoms with van der Waals surface area (Å²) in [7, 11) is 0. The number of hydrogen-bond donors (Lipinski definition) is 1. The lowest BCUT2D eigenvalue weighted by Crippen LogP contribution is -2.13.